The molecule has 0 rings (SSSR count). The minimum Gasteiger partial charge on any atom is -0.481 e. The molecular formula is C6H11NO4. The Morgan fingerprint density at radius 2 is 2.36 bits per heavy atom. The van der Waals surface area contributed by atoms with E-state index in [0.29, 0.717) is 12.9 Å². The minimum atomic E-state index is -0.941. The highest BCUT2D eigenvalue weighted by Crippen LogP contribution is 1.93. The highest BCUT2D eigenvalue weighted by atomic mass is 16.5. The second-order valence-corrected chi connectivity index (χ2v) is 2.11. The number of nitrogens with two attached hydrogens (primary N) is 1. The van der Waals surface area contributed by atoms with Crippen LogP contribution in [-0.4, -0.2) is 30.2 Å². The van der Waals surface area contributed by atoms with Crippen LogP contribution in [-0.2, 0) is 14.3 Å². The molecule has 64 valence electrons. The minimum absolute atomic E-state index is 0.0950. The van der Waals surface area contributed by atoms with E-state index in [1.54, 1.807) is 0 Å². The third-order valence-electron chi connectivity index (χ3n) is 1.11. The first-order valence-corrected chi connectivity index (χ1v) is 3.19. The van der Waals surface area contributed by atoms with Gasteiger partial charge in [0.1, 0.15) is 0 Å². The maximum absolute atomic E-state index is 10.1. The molecule has 0 saturated heterocycles. The van der Waals surface area contributed by atoms with Gasteiger partial charge >= 0.3 is 5.97 Å². The Balaban J connectivity index is 3.28. The average Bonchev–Trinajstić information content (AvgIpc) is 1.86. The van der Waals surface area contributed by atoms with Crippen LogP contribution in [0, 0.1) is 0 Å². The van der Waals surface area contributed by atoms with Gasteiger partial charge in [0.15, 0.2) is 0 Å². The average molecular weight is 161 g/mol. The first-order chi connectivity index (χ1) is 5.16. The van der Waals surface area contributed by atoms with Gasteiger partial charge in [0.05, 0.1) is 13.0 Å². The van der Waals surface area contributed by atoms with Gasteiger partial charge in [-0.1, -0.05) is 0 Å². The lowest BCUT2D eigenvalue weighted by Crippen LogP contribution is -2.25. The van der Waals surface area contributed by atoms with Crippen molar-refractivity contribution in [3.8, 4) is 0 Å². The van der Waals surface area contributed by atoms with E-state index < -0.39 is 12.0 Å². The zero-order valence-corrected chi connectivity index (χ0v) is 6.03. The molecule has 0 radical (unpaired) electrons. The van der Waals surface area contributed by atoms with Gasteiger partial charge in [-0.2, -0.15) is 0 Å². The van der Waals surface area contributed by atoms with E-state index in [9.17, 15) is 9.59 Å². The Morgan fingerprint density at radius 3 is 2.82 bits per heavy atom. The van der Waals surface area contributed by atoms with E-state index in [2.05, 4.69) is 4.74 Å². The topological polar surface area (TPSA) is 89.6 Å². The number of hydrogen-bond donors (Lipinski definition) is 2. The molecule has 0 amide bonds. The van der Waals surface area contributed by atoms with E-state index in [0.717, 1.165) is 0 Å². The van der Waals surface area contributed by atoms with E-state index in [1.165, 1.54) is 0 Å². The lowest BCUT2D eigenvalue weighted by atomic mass is 10.2. The van der Waals surface area contributed by atoms with Crippen molar-refractivity contribution in [2.24, 2.45) is 5.73 Å². The quantitative estimate of drug-likeness (QED) is 0.399. The van der Waals surface area contributed by atoms with Crippen LogP contribution in [0.25, 0.3) is 0 Å². The van der Waals surface area contributed by atoms with Crippen LogP contribution in [0.5, 0.6) is 0 Å². The fraction of sp³-hybridized carbons (Fsp3) is 0.667. The standard InChI is InChI=1S/C6H11NO4/c7-5(3-6(9)10)1-2-11-4-8/h4-5H,1-3,7H2,(H,9,10). The molecule has 0 bridgehead atoms. The highest BCUT2D eigenvalue weighted by molar-refractivity contribution is 5.67. The molecule has 0 fully saturated rings. The number of rotatable bonds is 6. The summed E-state index contributed by atoms with van der Waals surface area (Å²) in [5.41, 5.74) is 5.34. The third-order valence-corrected chi connectivity index (χ3v) is 1.11. The summed E-state index contributed by atoms with van der Waals surface area (Å²) in [6, 6.07) is -0.438. The molecule has 5 heteroatoms. The number of carboxylic acids is 1. The molecule has 11 heavy (non-hydrogen) atoms. The summed E-state index contributed by atoms with van der Waals surface area (Å²) >= 11 is 0. The molecule has 0 aromatic carbocycles. The summed E-state index contributed by atoms with van der Waals surface area (Å²) in [6.45, 7) is 0.492. The zero-order chi connectivity index (χ0) is 8.69. The number of aliphatic carboxylic acids is 1. The monoisotopic (exact) mass is 161 g/mol. The molecular weight excluding hydrogens is 150 g/mol. The van der Waals surface area contributed by atoms with Crippen LogP contribution < -0.4 is 5.73 Å². The normalized spacial score (nSPS) is 12.1. The molecule has 0 saturated carbocycles. The Labute approximate surface area is 64.1 Å². The van der Waals surface area contributed by atoms with Crippen molar-refractivity contribution in [2.45, 2.75) is 18.9 Å². The van der Waals surface area contributed by atoms with Crippen LogP contribution in [0.2, 0.25) is 0 Å². The van der Waals surface area contributed by atoms with E-state index >= 15 is 0 Å². The molecule has 0 aromatic rings. The summed E-state index contributed by atoms with van der Waals surface area (Å²) in [5.74, 6) is -0.941. The van der Waals surface area contributed by atoms with E-state index in [-0.39, 0.29) is 13.0 Å². The van der Waals surface area contributed by atoms with Crippen molar-refractivity contribution >= 4 is 12.4 Å². The van der Waals surface area contributed by atoms with Crippen LogP contribution in [0.15, 0.2) is 0 Å². The van der Waals surface area contributed by atoms with Crippen LogP contribution in [0.3, 0.4) is 0 Å². The van der Waals surface area contributed by atoms with Gasteiger partial charge < -0.3 is 15.6 Å². The lowest BCUT2D eigenvalue weighted by Gasteiger charge is -2.06. The molecule has 5 nitrogen and oxygen atoms in total. The van der Waals surface area contributed by atoms with Gasteiger partial charge in [-0.05, 0) is 6.42 Å². The van der Waals surface area contributed by atoms with Crippen molar-refractivity contribution in [3.05, 3.63) is 0 Å². The zero-order valence-electron chi connectivity index (χ0n) is 6.03. The van der Waals surface area contributed by atoms with Crippen LogP contribution in [0.1, 0.15) is 12.8 Å². The van der Waals surface area contributed by atoms with Crippen molar-refractivity contribution in [3.63, 3.8) is 0 Å². The molecule has 0 spiro atoms. The Kier molecular flexibility index (Phi) is 5.10. The Morgan fingerprint density at radius 1 is 1.73 bits per heavy atom. The Hall–Kier alpha value is -1.10. The van der Waals surface area contributed by atoms with Gasteiger partial charge in [-0.15, -0.1) is 0 Å². The van der Waals surface area contributed by atoms with Gasteiger partial charge in [-0.25, -0.2) is 0 Å². The maximum Gasteiger partial charge on any atom is 0.304 e. The molecule has 0 aliphatic heterocycles. The second-order valence-electron chi connectivity index (χ2n) is 2.11. The molecule has 1 unspecified atom stereocenters. The summed E-state index contributed by atoms with van der Waals surface area (Å²) < 4.78 is 4.33. The Bertz CT molecular complexity index is 137. The SMILES string of the molecule is NC(CCOC=O)CC(=O)O. The summed E-state index contributed by atoms with van der Waals surface area (Å²) in [5, 5.41) is 8.25. The molecule has 0 aliphatic carbocycles. The largest absolute Gasteiger partial charge is 0.481 e. The van der Waals surface area contributed by atoms with Gasteiger partial charge in [0.25, 0.3) is 6.47 Å². The first kappa shape index (κ1) is 9.90. The number of carbonyl (C=O) groups is 2. The summed E-state index contributed by atoms with van der Waals surface area (Å²) in [7, 11) is 0. The molecule has 3 N–H and O–H groups in total. The van der Waals surface area contributed by atoms with Gasteiger partial charge in [-0.3, -0.25) is 9.59 Å². The second kappa shape index (κ2) is 5.67. The summed E-state index contributed by atoms with van der Waals surface area (Å²) in [6.07, 6.45) is 0.285. The maximum atomic E-state index is 10.1. The number of carbonyl (C=O) groups excluding carboxylic acids is 1. The fourth-order valence-corrected chi connectivity index (χ4v) is 0.594. The fourth-order valence-electron chi connectivity index (χ4n) is 0.594. The molecule has 0 aromatic heterocycles. The lowest BCUT2D eigenvalue weighted by molar-refractivity contribution is -0.137. The van der Waals surface area contributed by atoms with Crippen LogP contribution in [0.4, 0.5) is 0 Å². The van der Waals surface area contributed by atoms with Crippen molar-refractivity contribution in [1.29, 1.82) is 0 Å². The van der Waals surface area contributed by atoms with E-state index in [1.807, 2.05) is 0 Å². The predicted molar refractivity (Wildman–Crippen MR) is 36.9 cm³/mol. The molecule has 0 aliphatic rings. The number of hydrogen-bond acceptors (Lipinski definition) is 4. The van der Waals surface area contributed by atoms with Gasteiger partial charge in [0.2, 0.25) is 0 Å². The molecule has 1 atom stereocenters. The summed E-state index contributed by atoms with van der Waals surface area (Å²) in [4.78, 5) is 19.7. The molecule has 0 heterocycles. The van der Waals surface area contributed by atoms with E-state index in [4.69, 9.17) is 10.8 Å². The predicted octanol–water partition coefficient (Wildman–Crippen LogP) is -0.648. The van der Waals surface area contributed by atoms with Crippen LogP contribution >= 0.6 is 0 Å². The highest BCUT2D eigenvalue weighted by Gasteiger charge is 2.06. The number of carboxylic acid groups (broad SMARTS) is 1. The smallest absolute Gasteiger partial charge is 0.304 e. The number of ether oxygens (including phenoxy) is 1. The first-order valence-electron chi connectivity index (χ1n) is 3.19. The van der Waals surface area contributed by atoms with Gasteiger partial charge in [0, 0.05) is 6.04 Å². The van der Waals surface area contributed by atoms with Crippen molar-refractivity contribution in [1.82, 2.24) is 0 Å². The third kappa shape index (κ3) is 6.79. The van der Waals surface area contributed by atoms with Crippen molar-refractivity contribution < 1.29 is 19.4 Å². The van der Waals surface area contributed by atoms with Crippen molar-refractivity contribution in [2.75, 3.05) is 6.61 Å².